The lowest BCUT2D eigenvalue weighted by Crippen LogP contribution is -2.24. The average molecular weight is 281 g/mol. The second-order valence-corrected chi connectivity index (χ2v) is 4.33. The second-order valence-electron chi connectivity index (χ2n) is 4.33. The molecule has 2 rings (SSSR count). The van der Waals surface area contributed by atoms with Crippen LogP contribution in [0.3, 0.4) is 0 Å². The van der Waals surface area contributed by atoms with E-state index in [1.165, 1.54) is 12.3 Å². The van der Waals surface area contributed by atoms with Gasteiger partial charge in [0, 0.05) is 29.9 Å². The minimum Gasteiger partial charge on any atom is -0.348 e. The predicted molar refractivity (Wildman–Crippen MR) is 80.6 cm³/mol. The molecule has 0 bridgehead atoms. The average Bonchev–Trinajstić information content (AvgIpc) is 2.51. The van der Waals surface area contributed by atoms with E-state index in [2.05, 4.69) is 22.1 Å². The first-order valence-electron chi connectivity index (χ1n) is 6.44. The molecule has 5 heteroatoms. The lowest BCUT2D eigenvalue weighted by atomic mass is 10.1. The van der Waals surface area contributed by atoms with Crippen LogP contribution in [0.15, 0.2) is 47.4 Å². The van der Waals surface area contributed by atoms with Gasteiger partial charge < -0.3 is 16.0 Å². The Labute approximate surface area is 122 Å². The third-order valence-electron chi connectivity index (χ3n) is 2.75. The van der Waals surface area contributed by atoms with Crippen molar-refractivity contribution in [3.8, 4) is 11.8 Å². The molecule has 1 heterocycles. The van der Waals surface area contributed by atoms with Crippen LogP contribution in [-0.4, -0.2) is 17.4 Å². The minimum absolute atomic E-state index is 0.292. The SMILES string of the molecule is NCC#Cc1cccc(CNC(=O)c2cc[nH]c(=O)c2)c1. The highest BCUT2D eigenvalue weighted by Gasteiger charge is 2.05. The van der Waals surface area contributed by atoms with Gasteiger partial charge in [0.15, 0.2) is 0 Å². The van der Waals surface area contributed by atoms with E-state index in [1.807, 2.05) is 24.3 Å². The molecule has 0 radical (unpaired) electrons. The first-order chi connectivity index (χ1) is 10.2. The van der Waals surface area contributed by atoms with Crippen LogP contribution in [0.5, 0.6) is 0 Å². The zero-order valence-electron chi connectivity index (χ0n) is 11.3. The van der Waals surface area contributed by atoms with E-state index in [4.69, 9.17) is 5.73 Å². The summed E-state index contributed by atoms with van der Waals surface area (Å²) in [4.78, 5) is 25.5. The topological polar surface area (TPSA) is 88.0 Å². The van der Waals surface area contributed by atoms with E-state index < -0.39 is 0 Å². The fourth-order valence-corrected chi connectivity index (χ4v) is 1.78. The Bertz CT molecular complexity index is 754. The molecule has 0 saturated heterocycles. The van der Waals surface area contributed by atoms with Crippen LogP contribution in [-0.2, 0) is 6.54 Å². The number of aromatic amines is 1. The van der Waals surface area contributed by atoms with E-state index in [1.54, 1.807) is 6.07 Å². The maximum Gasteiger partial charge on any atom is 0.251 e. The maximum atomic E-state index is 11.9. The summed E-state index contributed by atoms with van der Waals surface area (Å²) in [6.07, 6.45) is 1.44. The molecule has 0 spiro atoms. The van der Waals surface area contributed by atoms with Crippen molar-refractivity contribution in [2.45, 2.75) is 6.54 Å². The summed E-state index contributed by atoms with van der Waals surface area (Å²) in [5.41, 5.74) is 7.14. The molecule has 0 saturated carbocycles. The zero-order chi connectivity index (χ0) is 15.1. The lowest BCUT2D eigenvalue weighted by molar-refractivity contribution is 0.0950. The zero-order valence-corrected chi connectivity index (χ0v) is 11.3. The molecular weight excluding hydrogens is 266 g/mol. The number of H-pyrrole nitrogens is 1. The van der Waals surface area contributed by atoms with Crippen LogP contribution in [0.25, 0.3) is 0 Å². The summed E-state index contributed by atoms with van der Waals surface area (Å²) in [7, 11) is 0. The van der Waals surface area contributed by atoms with E-state index in [0.717, 1.165) is 11.1 Å². The van der Waals surface area contributed by atoms with E-state index in [9.17, 15) is 9.59 Å². The minimum atomic E-state index is -0.304. The number of nitrogens with two attached hydrogens (primary N) is 1. The number of aromatic nitrogens is 1. The van der Waals surface area contributed by atoms with E-state index in [0.29, 0.717) is 18.7 Å². The molecule has 0 aliphatic heterocycles. The summed E-state index contributed by atoms with van der Waals surface area (Å²) in [5.74, 6) is 5.43. The van der Waals surface area contributed by atoms with Gasteiger partial charge in [0.2, 0.25) is 5.56 Å². The molecule has 1 aromatic carbocycles. The maximum absolute atomic E-state index is 11.9. The number of carbonyl (C=O) groups excluding carboxylic acids is 1. The van der Waals surface area contributed by atoms with Crippen LogP contribution >= 0.6 is 0 Å². The Balaban J connectivity index is 2.03. The molecule has 1 amide bonds. The number of carbonyl (C=O) groups is 1. The molecule has 2 aromatic rings. The van der Waals surface area contributed by atoms with Crippen molar-refractivity contribution < 1.29 is 4.79 Å². The quantitative estimate of drug-likeness (QED) is 0.720. The Morgan fingerprint density at radius 3 is 2.90 bits per heavy atom. The Morgan fingerprint density at radius 2 is 2.14 bits per heavy atom. The molecular formula is C16H15N3O2. The van der Waals surface area contributed by atoms with Gasteiger partial charge in [-0.15, -0.1) is 0 Å². The van der Waals surface area contributed by atoms with Crippen molar-refractivity contribution in [3.05, 3.63) is 69.6 Å². The molecule has 106 valence electrons. The fraction of sp³-hybridized carbons (Fsp3) is 0.125. The third-order valence-corrected chi connectivity index (χ3v) is 2.75. The van der Waals surface area contributed by atoms with Gasteiger partial charge in [0.1, 0.15) is 0 Å². The third kappa shape index (κ3) is 4.34. The summed E-state index contributed by atoms with van der Waals surface area (Å²) in [6.45, 7) is 0.674. The Kier molecular flexibility index (Phi) is 4.91. The van der Waals surface area contributed by atoms with Crippen LogP contribution < -0.4 is 16.6 Å². The van der Waals surface area contributed by atoms with Gasteiger partial charge >= 0.3 is 0 Å². The molecule has 5 nitrogen and oxygen atoms in total. The largest absolute Gasteiger partial charge is 0.348 e. The number of benzene rings is 1. The van der Waals surface area contributed by atoms with Gasteiger partial charge in [-0.3, -0.25) is 9.59 Å². The normalized spacial score (nSPS) is 9.57. The lowest BCUT2D eigenvalue weighted by Gasteiger charge is -2.05. The highest BCUT2D eigenvalue weighted by Crippen LogP contribution is 2.04. The van der Waals surface area contributed by atoms with Gasteiger partial charge in [0.05, 0.1) is 6.54 Å². The summed E-state index contributed by atoms with van der Waals surface area (Å²) < 4.78 is 0. The van der Waals surface area contributed by atoms with E-state index >= 15 is 0 Å². The number of pyridine rings is 1. The molecule has 0 fully saturated rings. The fourth-order valence-electron chi connectivity index (χ4n) is 1.78. The Hall–Kier alpha value is -2.84. The van der Waals surface area contributed by atoms with Gasteiger partial charge in [-0.05, 0) is 23.8 Å². The van der Waals surface area contributed by atoms with Gasteiger partial charge in [-0.1, -0.05) is 24.0 Å². The van der Waals surface area contributed by atoms with Gasteiger partial charge in [0.25, 0.3) is 5.91 Å². The first kappa shape index (κ1) is 14.6. The van der Waals surface area contributed by atoms with Crippen molar-refractivity contribution in [2.75, 3.05) is 6.54 Å². The van der Waals surface area contributed by atoms with Crippen LogP contribution in [0.1, 0.15) is 21.5 Å². The van der Waals surface area contributed by atoms with Gasteiger partial charge in [-0.2, -0.15) is 0 Å². The molecule has 1 aromatic heterocycles. The van der Waals surface area contributed by atoms with Crippen molar-refractivity contribution in [3.63, 3.8) is 0 Å². The number of amides is 1. The van der Waals surface area contributed by atoms with Crippen molar-refractivity contribution >= 4 is 5.91 Å². The smallest absolute Gasteiger partial charge is 0.251 e. The number of hydrogen-bond acceptors (Lipinski definition) is 3. The monoisotopic (exact) mass is 281 g/mol. The van der Waals surface area contributed by atoms with Crippen LogP contribution in [0, 0.1) is 11.8 Å². The molecule has 0 atom stereocenters. The number of hydrogen-bond donors (Lipinski definition) is 3. The summed E-state index contributed by atoms with van der Waals surface area (Å²) in [6, 6.07) is 10.4. The molecule has 0 aliphatic rings. The molecule has 21 heavy (non-hydrogen) atoms. The van der Waals surface area contributed by atoms with Gasteiger partial charge in [-0.25, -0.2) is 0 Å². The first-order valence-corrected chi connectivity index (χ1v) is 6.44. The van der Waals surface area contributed by atoms with Crippen molar-refractivity contribution in [2.24, 2.45) is 5.73 Å². The number of rotatable bonds is 3. The van der Waals surface area contributed by atoms with Crippen LogP contribution in [0.4, 0.5) is 0 Å². The summed E-state index contributed by atoms with van der Waals surface area (Å²) in [5, 5.41) is 2.76. The standard InChI is InChI=1S/C16H15N3O2/c17-7-2-5-12-3-1-4-13(9-12)11-19-16(21)14-6-8-18-15(20)10-14/h1,3-4,6,8-10H,7,11,17H2,(H,18,20)(H,19,21). The molecule has 0 unspecified atom stereocenters. The van der Waals surface area contributed by atoms with E-state index in [-0.39, 0.29) is 11.5 Å². The van der Waals surface area contributed by atoms with Crippen LogP contribution in [0.2, 0.25) is 0 Å². The van der Waals surface area contributed by atoms with Crippen molar-refractivity contribution in [1.29, 1.82) is 0 Å². The predicted octanol–water partition coefficient (Wildman–Crippen LogP) is 0.615. The number of nitrogens with one attached hydrogen (secondary N) is 2. The second kappa shape index (κ2) is 7.08. The molecule has 4 N–H and O–H groups in total. The Morgan fingerprint density at radius 1 is 1.29 bits per heavy atom. The summed E-state index contributed by atoms with van der Waals surface area (Å²) >= 11 is 0. The van der Waals surface area contributed by atoms with Crippen molar-refractivity contribution in [1.82, 2.24) is 10.3 Å². The highest BCUT2D eigenvalue weighted by atomic mass is 16.2. The highest BCUT2D eigenvalue weighted by molar-refractivity contribution is 5.93. The molecule has 0 aliphatic carbocycles.